The standard InChI is InChI=1S/C18H18N6O3S/c1-12-8-14-9-13(6-7-17(14)24(12)28(2,26)27)18(25)20-15-4-3-5-16(10-15)23-11-19-21-22-23/h3-7,9-12H,8H2,1-2H3,(H,20,25). The van der Waals surface area contributed by atoms with Crippen LogP contribution in [0.3, 0.4) is 0 Å². The second-order valence-electron chi connectivity index (χ2n) is 6.71. The van der Waals surface area contributed by atoms with Crippen LogP contribution in [0.25, 0.3) is 5.69 Å². The second-order valence-corrected chi connectivity index (χ2v) is 8.57. The zero-order valence-electron chi connectivity index (χ0n) is 15.3. The molecule has 1 N–H and O–H groups in total. The van der Waals surface area contributed by atoms with Gasteiger partial charge in [0.25, 0.3) is 5.91 Å². The second kappa shape index (κ2) is 6.71. The van der Waals surface area contributed by atoms with E-state index in [1.54, 1.807) is 36.4 Å². The summed E-state index contributed by atoms with van der Waals surface area (Å²) in [6, 6.07) is 12.0. The number of carbonyl (C=O) groups is 1. The van der Waals surface area contributed by atoms with Gasteiger partial charge in [-0.1, -0.05) is 6.07 Å². The normalized spacial score (nSPS) is 16.1. The lowest BCUT2D eigenvalue weighted by molar-refractivity contribution is 0.102. The quantitative estimate of drug-likeness (QED) is 0.715. The van der Waals surface area contributed by atoms with Gasteiger partial charge in [0.1, 0.15) is 6.33 Å². The van der Waals surface area contributed by atoms with Gasteiger partial charge in [-0.2, -0.15) is 0 Å². The Kier molecular flexibility index (Phi) is 4.34. The fourth-order valence-electron chi connectivity index (χ4n) is 3.46. The van der Waals surface area contributed by atoms with E-state index in [0.717, 1.165) is 11.3 Å². The van der Waals surface area contributed by atoms with Gasteiger partial charge in [0.05, 0.1) is 17.6 Å². The summed E-state index contributed by atoms with van der Waals surface area (Å²) in [4.78, 5) is 12.7. The predicted molar refractivity (Wildman–Crippen MR) is 104 cm³/mol. The van der Waals surface area contributed by atoms with Crippen molar-refractivity contribution in [1.29, 1.82) is 0 Å². The van der Waals surface area contributed by atoms with Crippen molar-refractivity contribution in [3.8, 4) is 5.69 Å². The van der Waals surface area contributed by atoms with E-state index in [0.29, 0.717) is 23.4 Å². The minimum Gasteiger partial charge on any atom is -0.322 e. The number of fused-ring (bicyclic) bond motifs is 1. The molecule has 0 bridgehead atoms. The lowest BCUT2D eigenvalue weighted by Gasteiger charge is -2.21. The average molecular weight is 398 g/mol. The lowest BCUT2D eigenvalue weighted by Crippen LogP contribution is -2.34. The van der Waals surface area contributed by atoms with Crippen LogP contribution in [0.2, 0.25) is 0 Å². The van der Waals surface area contributed by atoms with Crippen molar-refractivity contribution in [3.05, 3.63) is 59.9 Å². The number of nitrogens with one attached hydrogen (secondary N) is 1. The number of nitrogens with zero attached hydrogens (tertiary/aromatic N) is 5. The number of hydrogen-bond acceptors (Lipinski definition) is 6. The van der Waals surface area contributed by atoms with E-state index >= 15 is 0 Å². The Morgan fingerprint density at radius 3 is 2.75 bits per heavy atom. The first kappa shape index (κ1) is 18.1. The molecule has 3 aromatic rings. The first-order valence-corrected chi connectivity index (χ1v) is 10.4. The van der Waals surface area contributed by atoms with Gasteiger partial charge in [-0.3, -0.25) is 9.10 Å². The fraction of sp³-hybridized carbons (Fsp3) is 0.222. The summed E-state index contributed by atoms with van der Waals surface area (Å²) >= 11 is 0. The molecule has 0 saturated heterocycles. The summed E-state index contributed by atoms with van der Waals surface area (Å²) in [5.74, 6) is -0.276. The molecule has 1 atom stereocenters. The number of tetrazole rings is 1. The molecule has 1 amide bonds. The molecule has 1 aliphatic heterocycles. The first-order valence-electron chi connectivity index (χ1n) is 8.60. The van der Waals surface area contributed by atoms with Gasteiger partial charge < -0.3 is 5.32 Å². The van der Waals surface area contributed by atoms with Crippen molar-refractivity contribution in [2.75, 3.05) is 15.9 Å². The number of carbonyl (C=O) groups excluding carboxylic acids is 1. The largest absolute Gasteiger partial charge is 0.322 e. The van der Waals surface area contributed by atoms with Crippen molar-refractivity contribution >= 4 is 27.3 Å². The van der Waals surface area contributed by atoms with E-state index in [1.807, 2.05) is 13.0 Å². The molecular formula is C18H18N6O3S. The summed E-state index contributed by atoms with van der Waals surface area (Å²) in [6.45, 7) is 1.85. The van der Waals surface area contributed by atoms with E-state index in [4.69, 9.17) is 0 Å². The van der Waals surface area contributed by atoms with Crippen LogP contribution in [0.15, 0.2) is 48.8 Å². The minimum atomic E-state index is -3.36. The third-order valence-electron chi connectivity index (χ3n) is 4.57. The molecule has 4 rings (SSSR count). The molecule has 0 aliphatic carbocycles. The van der Waals surface area contributed by atoms with Crippen molar-refractivity contribution in [1.82, 2.24) is 20.2 Å². The third kappa shape index (κ3) is 3.33. The molecule has 0 fully saturated rings. The van der Waals surface area contributed by atoms with E-state index in [2.05, 4.69) is 20.8 Å². The van der Waals surface area contributed by atoms with Gasteiger partial charge in [0, 0.05) is 17.3 Å². The number of sulfonamides is 1. The molecule has 2 aromatic carbocycles. The van der Waals surface area contributed by atoms with E-state index in [9.17, 15) is 13.2 Å². The minimum absolute atomic E-state index is 0.170. The van der Waals surface area contributed by atoms with E-state index in [1.165, 1.54) is 21.6 Å². The molecule has 2 heterocycles. The molecule has 10 heteroatoms. The number of rotatable bonds is 4. The number of benzene rings is 2. The molecule has 0 saturated carbocycles. The Morgan fingerprint density at radius 1 is 1.21 bits per heavy atom. The van der Waals surface area contributed by atoms with Gasteiger partial charge in [0.15, 0.2) is 0 Å². The van der Waals surface area contributed by atoms with Crippen molar-refractivity contribution < 1.29 is 13.2 Å². The molecule has 1 unspecified atom stereocenters. The molecule has 0 radical (unpaired) electrons. The summed E-state index contributed by atoms with van der Waals surface area (Å²) in [6.07, 6.45) is 3.23. The summed E-state index contributed by atoms with van der Waals surface area (Å²) in [7, 11) is -3.36. The third-order valence-corrected chi connectivity index (χ3v) is 5.84. The Morgan fingerprint density at radius 2 is 2.04 bits per heavy atom. The molecule has 144 valence electrons. The molecular weight excluding hydrogens is 380 g/mol. The molecule has 9 nitrogen and oxygen atoms in total. The number of aromatic nitrogens is 4. The van der Waals surface area contributed by atoms with Gasteiger partial charge in [-0.05, 0) is 65.7 Å². The van der Waals surface area contributed by atoms with Crippen LogP contribution in [0.1, 0.15) is 22.8 Å². The number of hydrogen-bond donors (Lipinski definition) is 1. The highest BCUT2D eigenvalue weighted by Crippen LogP contribution is 2.34. The zero-order chi connectivity index (χ0) is 19.9. The van der Waals surface area contributed by atoms with Gasteiger partial charge in [0.2, 0.25) is 10.0 Å². The van der Waals surface area contributed by atoms with Crippen molar-refractivity contribution in [2.24, 2.45) is 0 Å². The zero-order valence-corrected chi connectivity index (χ0v) is 16.1. The highest BCUT2D eigenvalue weighted by molar-refractivity contribution is 7.92. The summed E-state index contributed by atoms with van der Waals surface area (Å²) in [5.41, 5.74) is 3.26. The van der Waals surface area contributed by atoms with Crippen molar-refractivity contribution in [3.63, 3.8) is 0 Å². The summed E-state index contributed by atoms with van der Waals surface area (Å²) < 4.78 is 26.9. The lowest BCUT2D eigenvalue weighted by atomic mass is 10.1. The van der Waals surface area contributed by atoms with Crippen LogP contribution in [-0.4, -0.2) is 46.8 Å². The number of amides is 1. The maximum atomic E-state index is 12.7. The van der Waals surface area contributed by atoms with Crippen molar-refractivity contribution in [2.45, 2.75) is 19.4 Å². The maximum absolute atomic E-state index is 12.7. The van der Waals surface area contributed by atoms with Crippen LogP contribution in [0.4, 0.5) is 11.4 Å². The maximum Gasteiger partial charge on any atom is 0.255 e. The molecule has 1 aliphatic rings. The van der Waals surface area contributed by atoms with Crippen LogP contribution >= 0.6 is 0 Å². The number of anilines is 2. The Balaban J connectivity index is 1.57. The monoisotopic (exact) mass is 398 g/mol. The van der Waals surface area contributed by atoms with Crippen LogP contribution in [-0.2, 0) is 16.4 Å². The topological polar surface area (TPSA) is 110 Å². The fourth-order valence-corrected chi connectivity index (χ4v) is 4.72. The SMILES string of the molecule is CC1Cc2cc(C(=O)Nc3cccc(-n4cnnn4)c3)ccc2N1S(C)(=O)=O. The van der Waals surface area contributed by atoms with E-state index in [-0.39, 0.29) is 11.9 Å². The van der Waals surface area contributed by atoms with Gasteiger partial charge >= 0.3 is 0 Å². The average Bonchev–Trinajstić information content (AvgIpc) is 3.27. The highest BCUT2D eigenvalue weighted by atomic mass is 32.2. The van der Waals surface area contributed by atoms with Gasteiger partial charge in [-0.25, -0.2) is 13.1 Å². The molecule has 0 spiro atoms. The molecule has 1 aromatic heterocycles. The smallest absolute Gasteiger partial charge is 0.255 e. The molecule has 28 heavy (non-hydrogen) atoms. The van der Waals surface area contributed by atoms with Gasteiger partial charge in [-0.15, -0.1) is 5.10 Å². The Hall–Kier alpha value is -3.27. The van der Waals surface area contributed by atoms with E-state index < -0.39 is 10.0 Å². The Bertz CT molecular complexity index is 1140. The predicted octanol–water partition coefficient (Wildman–Crippen LogP) is 1.63. The highest BCUT2D eigenvalue weighted by Gasteiger charge is 2.32. The Labute approximate surface area is 162 Å². The summed E-state index contributed by atoms with van der Waals surface area (Å²) in [5, 5.41) is 13.9. The first-order chi connectivity index (χ1) is 13.3. The van der Waals surface area contributed by atoms with Crippen LogP contribution in [0, 0.1) is 0 Å². The van der Waals surface area contributed by atoms with Crippen LogP contribution in [0.5, 0.6) is 0 Å². The van der Waals surface area contributed by atoms with Crippen LogP contribution < -0.4 is 9.62 Å².